The fraction of sp³-hybridized carbons (Fsp3) is 0.348. The number of hydrogen-bond acceptors (Lipinski definition) is 6. The molecule has 2 heterocycles. The summed E-state index contributed by atoms with van der Waals surface area (Å²) in [5.74, 6) is 1.11. The number of aromatic nitrogens is 2. The van der Waals surface area contributed by atoms with Crippen molar-refractivity contribution in [3.05, 3.63) is 64.5 Å². The maximum atomic E-state index is 12.5. The normalized spacial score (nSPS) is 15.2. The molecule has 1 amide bonds. The molecule has 0 aliphatic carbocycles. The van der Waals surface area contributed by atoms with Crippen molar-refractivity contribution in [2.24, 2.45) is 0 Å². The molecule has 0 bridgehead atoms. The number of nitrogens with one attached hydrogen (secondary N) is 1. The van der Waals surface area contributed by atoms with Crippen LogP contribution in [0.5, 0.6) is 0 Å². The molecule has 8 heteroatoms. The molecule has 31 heavy (non-hydrogen) atoms. The number of piperazine rings is 1. The maximum Gasteiger partial charge on any atom is 0.247 e. The van der Waals surface area contributed by atoms with E-state index in [2.05, 4.69) is 25.3 Å². The number of nitrogens with zero attached hydrogens (tertiary/aromatic N) is 4. The number of carbonyl (C=O) groups excluding carboxylic acids is 1. The minimum Gasteiger partial charge on any atom is -0.419 e. The molecular formula is C23H26ClN5O2. The second-order valence-corrected chi connectivity index (χ2v) is 8.31. The lowest BCUT2D eigenvalue weighted by molar-refractivity contribution is -0.117. The van der Waals surface area contributed by atoms with E-state index in [9.17, 15) is 4.79 Å². The van der Waals surface area contributed by atoms with Crippen LogP contribution in [0.15, 0.2) is 46.9 Å². The van der Waals surface area contributed by atoms with Gasteiger partial charge in [0, 0.05) is 42.5 Å². The van der Waals surface area contributed by atoms with Gasteiger partial charge in [0.05, 0.1) is 13.1 Å². The van der Waals surface area contributed by atoms with Crippen LogP contribution in [0.1, 0.15) is 17.0 Å². The Morgan fingerprint density at radius 1 is 1.00 bits per heavy atom. The van der Waals surface area contributed by atoms with Crippen LogP contribution in [0.4, 0.5) is 5.69 Å². The van der Waals surface area contributed by atoms with Crippen molar-refractivity contribution >= 4 is 23.2 Å². The highest BCUT2D eigenvalue weighted by molar-refractivity contribution is 6.30. The average molecular weight is 440 g/mol. The van der Waals surface area contributed by atoms with Crippen molar-refractivity contribution in [1.29, 1.82) is 0 Å². The summed E-state index contributed by atoms with van der Waals surface area (Å²) in [6.07, 6.45) is 0. The van der Waals surface area contributed by atoms with Crippen LogP contribution in [-0.4, -0.2) is 58.6 Å². The Hall–Kier alpha value is -2.74. The number of anilines is 1. The molecule has 1 fully saturated rings. The van der Waals surface area contributed by atoms with Crippen LogP contribution in [0, 0.1) is 13.8 Å². The van der Waals surface area contributed by atoms with Gasteiger partial charge in [-0.3, -0.25) is 14.6 Å². The first-order valence-corrected chi connectivity index (χ1v) is 10.7. The van der Waals surface area contributed by atoms with Gasteiger partial charge in [0.1, 0.15) is 0 Å². The van der Waals surface area contributed by atoms with Gasteiger partial charge in [-0.05, 0) is 49.2 Å². The number of para-hydroxylation sites is 1. The highest BCUT2D eigenvalue weighted by atomic mass is 35.5. The predicted octanol–water partition coefficient (Wildman–Crippen LogP) is 3.76. The zero-order valence-corrected chi connectivity index (χ0v) is 18.5. The van der Waals surface area contributed by atoms with E-state index in [1.54, 1.807) is 12.1 Å². The Morgan fingerprint density at radius 2 is 1.65 bits per heavy atom. The molecule has 3 aromatic rings. The Kier molecular flexibility index (Phi) is 6.65. The van der Waals surface area contributed by atoms with Gasteiger partial charge in [0.25, 0.3) is 0 Å². The van der Waals surface area contributed by atoms with E-state index in [-0.39, 0.29) is 5.91 Å². The van der Waals surface area contributed by atoms with Gasteiger partial charge in [-0.1, -0.05) is 29.8 Å². The van der Waals surface area contributed by atoms with Gasteiger partial charge in [-0.2, -0.15) is 0 Å². The van der Waals surface area contributed by atoms with Crippen molar-refractivity contribution in [1.82, 2.24) is 20.0 Å². The summed E-state index contributed by atoms with van der Waals surface area (Å²) in [6, 6.07) is 13.4. The molecule has 1 aromatic heterocycles. The van der Waals surface area contributed by atoms with E-state index in [1.807, 2.05) is 44.2 Å². The zero-order valence-electron chi connectivity index (χ0n) is 17.8. The standard InChI is InChI=1S/C23H26ClN5O2/c1-16-4-3-5-17(2)22(16)25-20(30)14-28-10-12-29(13-11-28)15-21-26-27-23(31-21)18-6-8-19(24)9-7-18/h3-9H,10-15H2,1-2H3,(H,25,30). The Balaban J connectivity index is 1.25. The third-order valence-corrected chi connectivity index (χ3v) is 5.75. The second kappa shape index (κ2) is 9.60. The molecule has 1 N–H and O–H groups in total. The second-order valence-electron chi connectivity index (χ2n) is 7.88. The van der Waals surface area contributed by atoms with Gasteiger partial charge >= 0.3 is 0 Å². The largest absolute Gasteiger partial charge is 0.419 e. The van der Waals surface area contributed by atoms with Crippen LogP contribution in [-0.2, 0) is 11.3 Å². The Morgan fingerprint density at radius 3 is 2.32 bits per heavy atom. The highest BCUT2D eigenvalue weighted by Gasteiger charge is 2.21. The molecule has 1 aliphatic rings. The van der Waals surface area contributed by atoms with Crippen LogP contribution in [0.2, 0.25) is 5.02 Å². The van der Waals surface area contributed by atoms with Crippen LogP contribution < -0.4 is 5.32 Å². The highest BCUT2D eigenvalue weighted by Crippen LogP contribution is 2.21. The van der Waals surface area contributed by atoms with E-state index in [1.165, 1.54) is 0 Å². The average Bonchev–Trinajstić information content (AvgIpc) is 3.21. The molecule has 0 spiro atoms. The predicted molar refractivity (Wildman–Crippen MR) is 121 cm³/mol. The van der Waals surface area contributed by atoms with E-state index >= 15 is 0 Å². The van der Waals surface area contributed by atoms with Crippen molar-refractivity contribution in [3.8, 4) is 11.5 Å². The zero-order chi connectivity index (χ0) is 21.8. The summed E-state index contributed by atoms with van der Waals surface area (Å²) in [7, 11) is 0. The number of hydrogen-bond donors (Lipinski definition) is 1. The molecule has 0 saturated carbocycles. The quantitative estimate of drug-likeness (QED) is 0.630. The van der Waals surface area contributed by atoms with Gasteiger partial charge in [0.2, 0.25) is 17.7 Å². The van der Waals surface area contributed by atoms with Gasteiger partial charge < -0.3 is 9.73 Å². The van der Waals surface area contributed by atoms with Crippen molar-refractivity contribution < 1.29 is 9.21 Å². The van der Waals surface area contributed by atoms with Crippen molar-refractivity contribution in [3.63, 3.8) is 0 Å². The van der Waals surface area contributed by atoms with Crippen molar-refractivity contribution in [2.75, 3.05) is 38.0 Å². The third kappa shape index (κ3) is 5.50. The number of halogens is 1. The number of aryl methyl sites for hydroxylation is 2. The molecule has 7 nitrogen and oxygen atoms in total. The molecular weight excluding hydrogens is 414 g/mol. The molecule has 162 valence electrons. The molecule has 2 aromatic carbocycles. The fourth-order valence-corrected chi connectivity index (χ4v) is 3.84. The molecule has 0 unspecified atom stereocenters. The SMILES string of the molecule is Cc1cccc(C)c1NC(=O)CN1CCN(Cc2nnc(-c3ccc(Cl)cc3)o2)CC1. The number of carbonyl (C=O) groups is 1. The molecule has 0 atom stereocenters. The fourth-order valence-electron chi connectivity index (χ4n) is 3.72. The molecule has 1 aliphatic heterocycles. The lowest BCUT2D eigenvalue weighted by Gasteiger charge is -2.33. The summed E-state index contributed by atoms with van der Waals surface area (Å²) in [5.41, 5.74) is 3.92. The third-order valence-electron chi connectivity index (χ3n) is 5.49. The Labute approximate surface area is 187 Å². The van der Waals surface area contributed by atoms with E-state index < -0.39 is 0 Å². The van der Waals surface area contributed by atoms with E-state index in [0.717, 1.165) is 48.6 Å². The first-order chi connectivity index (χ1) is 15.0. The number of rotatable bonds is 6. The first kappa shape index (κ1) is 21.5. The monoisotopic (exact) mass is 439 g/mol. The molecule has 4 rings (SSSR count). The van der Waals surface area contributed by atoms with E-state index in [4.69, 9.17) is 16.0 Å². The smallest absolute Gasteiger partial charge is 0.247 e. The lowest BCUT2D eigenvalue weighted by atomic mass is 10.1. The minimum atomic E-state index is 0.0235. The topological polar surface area (TPSA) is 74.5 Å². The van der Waals surface area contributed by atoms with Crippen LogP contribution in [0.3, 0.4) is 0 Å². The molecule has 1 saturated heterocycles. The number of benzene rings is 2. The molecule has 0 radical (unpaired) electrons. The lowest BCUT2D eigenvalue weighted by Crippen LogP contribution is -2.48. The van der Waals surface area contributed by atoms with Gasteiger partial charge in [-0.15, -0.1) is 10.2 Å². The summed E-state index contributed by atoms with van der Waals surface area (Å²) in [4.78, 5) is 16.9. The van der Waals surface area contributed by atoms with Crippen LogP contribution >= 0.6 is 11.6 Å². The van der Waals surface area contributed by atoms with Crippen molar-refractivity contribution in [2.45, 2.75) is 20.4 Å². The van der Waals surface area contributed by atoms with Gasteiger partial charge in [0.15, 0.2) is 0 Å². The van der Waals surface area contributed by atoms with Crippen LogP contribution in [0.25, 0.3) is 11.5 Å². The van der Waals surface area contributed by atoms with Gasteiger partial charge in [-0.25, -0.2) is 0 Å². The summed E-state index contributed by atoms with van der Waals surface area (Å²) < 4.78 is 5.81. The number of amides is 1. The first-order valence-electron chi connectivity index (χ1n) is 10.4. The maximum absolute atomic E-state index is 12.5. The minimum absolute atomic E-state index is 0.0235. The summed E-state index contributed by atoms with van der Waals surface area (Å²) in [5, 5.41) is 12.0. The summed E-state index contributed by atoms with van der Waals surface area (Å²) >= 11 is 5.93. The summed E-state index contributed by atoms with van der Waals surface area (Å²) in [6.45, 7) is 8.34. The van der Waals surface area contributed by atoms with E-state index in [0.29, 0.717) is 29.9 Å². The Bertz CT molecular complexity index is 1020.